The Labute approximate surface area is 97.3 Å². The number of hydrogen-bond donors (Lipinski definition) is 1. The Balaban J connectivity index is 2.02. The van der Waals surface area contributed by atoms with Crippen molar-refractivity contribution >= 4 is 5.69 Å². The molecule has 1 N–H and O–H groups in total. The van der Waals surface area contributed by atoms with Crippen LogP contribution in [0.25, 0.3) is 0 Å². The van der Waals surface area contributed by atoms with Crippen molar-refractivity contribution in [2.24, 2.45) is 5.41 Å². The van der Waals surface area contributed by atoms with Crippen LogP contribution in [0.1, 0.15) is 30.4 Å². The summed E-state index contributed by atoms with van der Waals surface area (Å²) in [6.45, 7) is 4.98. The highest BCUT2D eigenvalue weighted by molar-refractivity contribution is 5.48. The van der Waals surface area contributed by atoms with Crippen molar-refractivity contribution in [2.75, 3.05) is 11.9 Å². The Bertz CT molecular complexity index is 405. The first-order valence-corrected chi connectivity index (χ1v) is 5.87. The Morgan fingerprint density at radius 3 is 2.31 bits per heavy atom. The molecule has 0 radical (unpaired) electrons. The lowest BCUT2D eigenvalue weighted by molar-refractivity contribution is 0.233. The van der Waals surface area contributed by atoms with Gasteiger partial charge in [-0.25, -0.2) is 0 Å². The fraction of sp³-hybridized carbons (Fsp3) is 0.500. The summed E-state index contributed by atoms with van der Waals surface area (Å²) in [6.07, 6.45) is 3.28. The summed E-state index contributed by atoms with van der Waals surface area (Å²) in [5, 5.41) is 12.5. The summed E-state index contributed by atoms with van der Waals surface area (Å²) in [5.74, 6) is 0. The minimum atomic E-state index is -0.0996. The molecule has 2 rings (SSSR count). The van der Waals surface area contributed by atoms with E-state index in [-0.39, 0.29) is 5.41 Å². The zero-order valence-corrected chi connectivity index (χ0v) is 10.0. The molecule has 0 bridgehead atoms. The maximum absolute atomic E-state index is 9.13. The van der Waals surface area contributed by atoms with Gasteiger partial charge >= 0.3 is 0 Å². The van der Waals surface area contributed by atoms with Crippen LogP contribution in [0, 0.1) is 30.6 Å². The SMILES string of the molecule is Cc1cc(C)cc(NCC2(C#N)CCC2)c1. The highest BCUT2D eigenvalue weighted by atomic mass is 14.9. The van der Waals surface area contributed by atoms with Crippen LogP contribution in [-0.2, 0) is 0 Å². The number of aryl methyl sites for hydroxylation is 2. The molecular formula is C14H18N2. The summed E-state index contributed by atoms with van der Waals surface area (Å²) in [5.41, 5.74) is 3.57. The van der Waals surface area contributed by atoms with E-state index >= 15 is 0 Å². The van der Waals surface area contributed by atoms with Crippen molar-refractivity contribution in [1.29, 1.82) is 5.26 Å². The second-order valence-corrected chi connectivity index (χ2v) is 4.98. The average Bonchev–Trinajstić information content (AvgIpc) is 2.15. The molecule has 2 heteroatoms. The van der Waals surface area contributed by atoms with E-state index in [0.717, 1.165) is 25.1 Å². The molecule has 1 aliphatic carbocycles. The van der Waals surface area contributed by atoms with Crippen molar-refractivity contribution in [3.63, 3.8) is 0 Å². The van der Waals surface area contributed by atoms with Crippen LogP contribution in [0.2, 0.25) is 0 Å². The van der Waals surface area contributed by atoms with Gasteiger partial charge in [-0.1, -0.05) is 12.5 Å². The molecule has 0 amide bonds. The third-order valence-electron chi connectivity index (χ3n) is 3.40. The van der Waals surface area contributed by atoms with Gasteiger partial charge in [-0.3, -0.25) is 0 Å². The highest BCUT2D eigenvalue weighted by Crippen LogP contribution is 2.40. The van der Waals surface area contributed by atoms with Crippen molar-refractivity contribution in [2.45, 2.75) is 33.1 Å². The smallest absolute Gasteiger partial charge is 0.0746 e. The van der Waals surface area contributed by atoms with Crippen LogP contribution < -0.4 is 5.32 Å². The molecule has 1 saturated carbocycles. The Hall–Kier alpha value is -1.49. The Morgan fingerprint density at radius 1 is 1.25 bits per heavy atom. The van der Waals surface area contributed by atoms with Gasteiger partial charge < -0.3 is 5.32 Å². The molecule has 1 aliphatic rings. The number of nitriles is 1. The molecule has 2 nitrogen and oxygen atoms in total. The van der Waals surface area contributed by atoms with Gasteiger partial charge in [-0.05, 0) is 49.9 Å². The summed E-state index contributed by atoms with van der Waals surface area (Å²) < 4.78 is 0. The van der Waals surface area contributed by atoms with Crippen LogP contribution in [-0.4, -0.2) is 6.54 Å². The lowest BCUT2D eigenvalue weighted by Gasteiger charge is -2.35. The molecular weight excluding hydrogens is 196 g/mol. The zero-order valence-electron chi connectivity index (χ0n) is 10.0. The van der Waals surface area contributed by atoms with Gasteiger partial charge in [0.05, 0.1) is 11.5 Å². The van der Waals surface area contributed by atoms with E-state index in [0.29, 0.717) is 0 Å². The van der Waals surface area contributed by atoms with E-state index in [1.54, 1.807) is 0 Å². The molecule has 0 aliphatic heterocycles. The average molecular weight is 214 g/mol. The predicted molar refractivity (Wildman–Crippen MR) is 66.3 cm³/mol. The second-order valence-electron chi connectivity index (χ2n) is 4.98. The molecule has 0 heterocycles. The largest absolute Gasteiger partial charge is 0.383 e. The van der Waals surface area contributed by atoms with E-state index in [1.807, 2.05) is 0 Å². The van der Waals surface area contributed by atoms with Gasteiger partial charge in [0, 0.05) is 12.2 Å². The van der Waals surface area contributed by atoms with Crippen LogP contribution in [0.5, 0.6) is 0 Å². The second kappa shape index (κ2) is 4.17. The molecule has 0 atom stereocenters. The van der Waals surface area contributed by atoms with Crippen molar-refractivity contribution in [1.82, 2.24) is 0 Å². The minimum Gasteiger partial charge on any atom is -0.383 e. The number of benzene rings is 1. The maximum atomic E-state index is 9.13. The Kier molecular flexibility index (Phi) is 2.87. The van der Waals surface area contributed by atoms with Crippen LogP contribution in [0.4, 0.5) is 5.69 Å². The first-order chi connectivity index (χ1) is 7.63. The lowest BCUT2D eigenvalue weighted by Crippen LogP contribution is -2.35. The number of hydrogen-bond acceptors (Lipinski definition) is 2. The number of rotatable bonds is 3. The quantitative estimate of drug-likeness (QED) is 0.837. The first kappa shape index (κ1) is 11.0. The third-order valence-corrected chi connectivity index (χ3v) is 3.40. The molecule has 1 fully saturated rings. The summed E-state index contributed by atoms with van der Waals surface area (Å²) >= 11 is 0. The summed E-state index contributed by atoms with van der Waals surface area (Å²) in [7, 11) is 0. The first-order valence-electron chi connectivity index (χ1n) is 5.87. The van der Waals surface area contributed by atoms with E-state index < -0.39 is 0 Å². The lowest BCUT2D eigenvalue weighted by atomic mass is 9.70. The molecule has 0 aromatic heterocycles. The maximum Gasteiger partial charge on any atom is 0.0746 e. The molecule has 1 aromatic rings. The molecule has 0 saturated heterocycles. The normalized spacial score (nSPS) is 17.3. The van der Waals surface area contributed by atoms with Gasteiger partial charge in [0.1, 0.15) is 0 Å². The van der Waals surface area contributed by atoms with E-state index in [2.05, 4.69) is 43.4 Å². The topological polar surface area (TPSA) is 35.8 Å². The molecule has 0 unspecified atom stereocenters. The van der Waals surface area contributed by atoms with Crippen molar-refractivity contribution in [3.05, 3.63) is 29.3 Å². The fourth-order valence-electron chi connectivity index (χ4n) is 2.28. The van der Waals surface area contributed by atoms with Crippen LogP contribution in [0.3, 0.4) is 0 Å². The van der Waals surface area contributed by atoms with Crippen LogP contribution >= 0.6 is 0 Å². The molecule has 84 valence electrons. The zero-order chi connectivity index (χ0) is 11.6. The third kappa shape index (κ3) is 2.19. The van der Waals surface area contributed by atoms with Gasteiger partial charge in [0.2, 0.25) is 0 Å². The standard InChI is InChI=1S/C14H18N2/c1-11-6-12(2)8-13(7-11)16-10-14(9-15)4-3-5-14/h6-8,16H,3-5,10H2,1-2H3. The molecule has 16 heavy (non-hydrogen) atoms. The van der Waals surface area contributed by atoms with E-state index in [4.69, 9.17) is 5.26 Å². The number of anilines is 1. The van der Waals surface area contributed by atoms with Gasteiger partial charge in [0.15, 0.2) is 0 Å². The number of nitrogens with one attached hydrogen (secondary N) is 1. The van der Waals surface area contributed by atoms with Crippen LogP contribution in [0.15, 0.2) is 18.2 Å². The predicted octanol–water partition coefficient (Wildman–Crippen LogP) is 3.41. The highest BCUT2D eigenvalue weighted by Gasteiger charge is 2.36. The van der Waals surface area contributed by atoms with Crippen molar-refractivity contribution < 1.29 is 0 Å². The van der Waals surface area contributed by atoms with Gasteiger partial charge in [-0.2, -0.15) is 5.26 Å². The van der Waals surface area contributed by atoms with Gasteiger partial charge in [-0.15, -0.1) is 0 Å². The summed E-state index contributed by atoms with van der Waals surface area (Å²) in [6, 6.07) is 8.88. The monoisotopic (exact) mass is 214 g/mol. The molecule has 0 spiro atoms. The fourth-order valence-corrected chi connectivity index (χ4v) is 2.28. The van der Waals surface area contributed by atoms with E-state index in [1.165, 1.54) is 17.5 Å². The molecule has 1 aromatic carbocycles. The minimum absolute atomic E-state index is 0.0996. The number of nitrogens with zero attached hydrogens (tertiary/aromatic N) is 1. The van der Waals surface area contributed by atoms with Crippen molar-refractivity contribution in [3.8, 4) is 6.07 Å². The van der Waals surface area contributed by atoms with E-state index in [9.17, 15) is 0 Å². The Morgan fingerprint density at radius 2 is 1.88 bits per heavy atom. The summed E-state index contributed by atoms with van der Waals surface area (Å²) in [4.78, 5) is 0. The van der Waals surface area contributed by atoms with Gasteiger partial charge in [0.25, 0.3) is 0 Å².